The number of hydrogen-bond donors (Lipinski definition) is 1. The lowest BCUT2D eigenvalue weighted by atomic mass is 10.2. The Morgan fingerprint density at radius 1 is 1.68 bits per heavy atom. The van der Waals surface area contributed by atoms with Crippen molar-refractivity contribution in [1.29, 1.82) is 0 Å². The number of hydrogen-bond acceptors (Lipinski definition) is 6. The summed E-state index contributed by atoms with van der Waals surface area (Å²) in [6, 6.07) is 0.152. The summed E-state index contributed by atoms with van der Waals surface area (Å²) < 4.78 is 5.07. The van der Waals surface area contributed by atoms with Crippen molar-refractivity contribution in [3.8, 4) is 0 Å². The van der Waals surface area contributed by atoms with Crippen molar-refractivity contribution >= 4 is 29.1 Å². The van der Waals surface area contributed by atoms with Crippen LogP contribution in [0.4, 0.5) is 11.5 Å². The summed E-state index contributed by atoms with van der Waals surface area (Å²) in [5, 5.41) is 20.2. The number of ether oxygens (including phenoxy) is 1. The van der Waals surface area contributed by atoms with E-state index in [9.17, 15) is 14.9 Å². The first-order valence-corrected chi connectivity index (χ1v) is 5.75. The van der Waals surface area contributed by atoms with E-state index in [1.807, 2.05) is 0 Å². The molecule has 0 bridgehead atoms. The zero-order valence-corrected chi connectivity index (χ0v) is 10.4. The van der Waals surface area contributed by atoms with Gasteiger partial charge in [-0.25, -0.2) is 9.78 Å². The zero-order chi connectivity index (χ0) is 14.0. The van der Waals surface area contributed by atoms with E-state index in [4.69, 9.17) is 21.4 Å². The maximum atomic E-state index is 11.1. The Kier molecular flexibility index (Phi) is 3.82. The zero-order valence-electron chi connectivity index (χ0n) is 9.65. The van der Waals surface area contributed by atoms with Crippen LogP contribution in [0.2, 0.25) is 5.02 Å². The molecule has 0 saturated carbocycles. The molecule has 0 amide bonds. The molecule has 1 aromatic heterocycles. The van der Waals surface area contributed by atoms with E-state index in [1.54, 1.807) is 0 Å². The molecule has 0 aliphatic carbocycles. The smallest absolute Gasteiger partial charge is 0.328 e. The molecule has 1 aliphatic rings. The molecule has 0 aromatic carbocycles. The molecule has 0 radical (unpaired) electrons. The van der Waals surface area contributed by atoms with Gasteiger partial charge in [0.05, 0.1) is 23.2 Å². The highest BCUT2D eigenvalue weighted by atomic mass is 35.5. The average Bonchev–Trinajstić information content (AvgIpc) is 2.38. The van der Waals surface area contributed by atoms with Gasteiger partial charge in [0.15, 0.2) is 6.04 Å². The SMILES string of the molecule is O=C(O)C1COCCN1c1ncc(Cl)cc1[N+](=O)[O-]. The largest absolute Gasteiger partial charge is 0.480 e. The second kappa shape index (κ2) is 5.37. The number of aliphatic carboxylic acids is 1. The summed E-state index contributed by atoms with van der Waals surface area (Å²) in [4.78, 5) is 26.7. The first-order valence-electron chi connectivity index (χ1n) is 5.38. The third kappa shape index (κ3) is 2.74. The van der Waals surface area contributed by atoms with E-state index >= 15 is 0 Å². The minimum absolute atomic E-state index is 0.00917. The van der Waals surface area contributed by atoms with E-state index in [2.05, 4.69) is 4.98 Å². The molecule has 19 heavy (non-hydrogen) atoms. The molecule has 9 heteroatoms. The second-order valence-corrected chi connectivity index (χ2v) is 4.31. The third-order valence-corrected chi connectivity index (χ3v) is 2.90. The summed E-state index contributed by atoms with van der Waals surface area (Å²) in [7, 11) is 0. The van der Waals surface area contributed by atoms with E-state index in [1.165, 1.54) is 11.1 Å². The van der Waals surface area contributed by atoms with Crippen LogP contribution in [0.5, 0.6) is 0 Å². The van der Waals surface area contributed by atoms with Gasteiger partial charge in [0.1, 0.15) is 0 Å². The molecule has 2 rings (SSSR count). The Bertz CT molecular complexity index is 524. The molecule has 1 aromatic rings. The monoisotopic (exact) mass is 287 g/mol. The highest BCUT2D eigenvalue weighted by Gasteiger charge is 2.34. The summed E-state index contributed by atoms with van der Waals surface area (Å²) in [6.07, 6.45) is 1.25. The van der Waals surface area contributed by atoms with Crippen molar-refractivity contribution in [2.75, 3.05) is 24.7 Å². The van der Waals surface area contributed by atoms with Gasteiger partial charge in [0.25, 0.3) is 0 Å². The quantitative estimate of drug-likeness (QED) is 0.651. The number of nitrogens with zero attached hydrogens (tertiary/aromatic N) is 3. The Morgan fingerprint density at radius 3 is 3.05 bits per heavy atom. The van der Waals surface area contributed by atoms with Gasteiger partial charge in [-0.15, -0.1) is 0 Å². The van der Waals surface area contributed by atoms with Gasteiger partial charge in [-0.1, -0.05) is 11.6 Å². The Labute approximate surface area is 112 Å². The lowest BCUT2D eigenvalue weighted by Gasteiger charge is -2.33. The first kappa shape index (κ1) is 13.5. The summed E-state index contributed by atoms with van der Waals surface area (Å²) >= 11 is 5.67. The number of carboxylic acids is 1. The van der Waals surface area contributed by atoms with Gasteiger partial charge in [-0.3, -0.25) is 10.1 Å². The van der Waals surface area contributed by atoms with Crippen LogP contribution in [0.3, 0.4) is 0 Å². The first-order chi connectivity index (χ1) is 9.00. The van der Waals surface area contributed by atoms with Crippen LogP contribution < -0.4 is 4.90 Å². The van der Waals surface area contributed by atoms with Crippen LogP contribution in [-0.2, 0) is 9.53 Å². The molecule has 1 aliphatic heterocycles. The predicted octanol–water partition coefficient (Wildman–Crippen LogP) is 0.933. The Morgan fingerprint density at radius 2 is 2.42 bits per heavy atom. The minimum Gasteiger partial charge on any atom is -0.480 e. The van der Waals surface area contributed by atoms with Gasteiger partial charge in [0.2, 0.25) is 5.82 Å². The lowest BCUT2D eigenvalue weighted by Crippen LogP contribution is -2.50. The molecule has 1 fully saturated rings. The second-order valence-electron chi connectivity index (χ2n) is 3.88. The number of halogens is 1. The van der Waals surface area contributed by atoms with Crippen LogP contribution in [0.1, 0.15) is 0 Å². The van der Waals surface area contributed by atoms with Gasteiger partial charge in [-0.2, -0.15) is 0 Å². The fourth-order valence-corrected chi connectivity index (χ4v) is 1.99. The summed E-state index contributed by atoms with van der Waals surface area (Å²) in [5.74, 6) is -1.13. The number of nitro groups is 1. The topological polar surface area (TPSA) is 106 Å². The molecule has 1 saturated heterocycles. The molecular formula is C10H10ClN3O5. The molecule has 1 atom stereocenters. The van der Waals surface area contributed by atoms with Crippen molar-refractivity contribution < 1.29 is 19.6 Å². The van der Waals surface area contributed by atoms with Gasteiger partial charge >= 0.3 is 11.7 Å². The lowest BCUT2D eigenvalue weighted by molar-refractivity contribution is -0.384. The minimum atomic E-state index is -1.12. The molecule has 0 spiro atoms. The van der Waals surface area contributed by atoms with Crippen LogP contribution in [0, 0.1) is 10.1 Å². The highest BCUT2D eigenvalue weighted by molar-refractivity contribution is 6.30. The van der Waals surface area contributed by atoms with E-state index in [-0.39, 0.29) is 36.3 Å². The van der Waals surface area contributed by atoms with Crippen molar-refractivity contribution in [2.45, 2.75) is 6.04 Å². The van der Waals surface area contributed by atoms with E-state index in [0.717, 1.165) is 6.07 Å². The number of rotatable bonds is 3. The number of morpholine rings is 1. The van der Waals surface area contributed by atoms with Gasteiger partial charge in [-0.05, 0) is 0 Å². The molecule has 8 nitrogen and oxygen atoms in total. The molecule has 2 heterocycles. The average molecular weight is 288 g/mol. The van der Waals surface area contributed by atoms with Crippen LogP contribution in [-0.4, -0.2) is 46.8 Å². The van der Waals surface area contributed by atoms with Crippen molar-refractivity contribution in [3.63, 3.8) is 0 Å². The summed E-state index contributed by atoms with van der Waals surface area (Å²) in [6.45, 7) is 0.453. The predicted molar refractivity (Wildman–Crippen MR) is 65.5 cm³/mol. The maximum Gasteiger partial charge on any atom is 0.328 e. The van der Waals surface area contributed by atoms with Gasteiger partial charge < -0.3 is 14.7 Å². The fraction of sp³-hybridized carbons (Fsp3) is 0.400. The fourth-order valence-electron chi connectivity index (χ4n) is 1.84. The van der Waals surface area contributed by atoms with Crippen LogP contribution >= 0.6 is 11.6 Å². The standard InChI is InChI=1S/C10H10ClN3O5/c11-6-3-7(14(17)18)9(12-4-6)13-1-2-19-5-8(13)10(15)16/h3-4,8H,1-2,5H2,(H,15,16). The normalized spacial score (nSPS) is 19.2. The van der Waals surface area contributed by atoms with E-state index in [0.29, 0.717) is 0 Å². The van der Waals surface area contributed by atoms with Crippen molar-refractivity contribution in [1.82, 2.24) is 4.98 Å². The molecule has 1 unspecified atom stereocenters. The third-order valence-electron chi connectivity index (χ3n) is 2.70. The molecule has 102 valence electrons. The molecule has 1 N–H and O–H groups in total. The maximum absolute atomic E-state index is 11.1. The number of anilines is 1. The van der Waals surface area contributed by atoms with Gasteiger partial charge in [0, 0.05) is 18.8 Å². The van der Waals surface area contributed by atoms with E-state index < -0.39 is 16.9 Å². The number of aromatic nitrogens is 1. The Balaban J connectivity index is 2.44. The van der Waals surface area contributed by atoms with Crippen molar-refractivity contribution in [3.05, 3.63) is 27.4 Å². The number of pyridine rings is 1. The number of carbonyl (C=O) groups is 1. The summed E-state index contributed by atoms with van der Waals surface area (Å²) in [5.41, 5.74) is -0.319. The molecular weight excluding hydrogens is 278 g/mol. The van der Waals surface area contributed by atoms with Crippen LogP contribution in [0.25, 0.3) is 0 Å². The van der Waals surface area contributed by atoms with Crippen molar-refractivity contribution in [2.24, 2.45) is 0 Å². The van der Waals surface area contributed by atoms with Crippen LogP contribution in [0.15, 0.2) is 12.3 Å². The number of carboxylic acid groups (broad SMARTS) is 1. The Hall–Kier alpha value is -1.93. The highest BCUT2D eigenvalue weighted by Crippen LogP contribution is 2.30.